The Morgan fingerprint density at radius 2 is 1.92 bits per heavy atom. The molecule has 3 rings (SSSR count). The molecular weight excluding hydrogens is 332 g/mol. The second kappa shape index (κ2) is 7.74. The number of benzene rings is 2. The molecule has 0 fully saturated rings. The molecule has 0 saturated heterocycles. The molecule has 0 spiro atoms. The third-order valence-corrected chi connectivity index (χ3v) is 5.28. The predicted molar refractivity (Wildman–Crippen MR) is 102 cm³/mol. The van der Waals surface area contributed by atoms with Crippen LogP contribution in [0.4, 0.5) is 5.69 Å². The summed E-state index contributed by atoms with van der Waals surface area (Å²) in [6, 6.07) is 15.3. The molecule has 2 aromatic rings. The number of amides is 2. The molecule has 0 bridgehead atoms. The van der Waals surface area contributed by atoms with Crippen LogP contribution >= 0.6 is 11.8 Å². The molecule has 130 valence electrons. The van der Waals surface area contributed by atoms with Crippen molar-refractivity contribution in [3.05, 3.63) is 59.7 Å². The van der Waals surface area contributed by atoms with Crippen molar-refractivity contribution >= 4 is 29.3 Å². The van der Waals surface area contributed by atoms with Crippen LogP contribution in [0.25, 0.3) is 0 Å². The summed E-state index contributed by atoms with van der Waals surface area (Å²) in [5.41, 5.74) is 2.62. The minimum absolute atomic E-state index is 0.0119. The van der Waals surface area contributed by atoms with Crippen molar-refractivity contribution in [1.29, 1.82) is 0 Å². The van der Waals surface area contributed by atoms with Crippen molar-refractivity contribution < 1.29 is 9.59 Å². The smallest absolute Gasteiger partial charge is 0.254 e. The molecule has 0 aromatic heterocycles. The van der Waals surface area contributed by atoms with Crippen LogP contribution in [0.5, 0.6) is 0 Å². The van der Waals surface area contributed by atoms with Crippen LogP contribution in [0, 0.1) is 0 Å². The zero-order valence-electron chi connectivity index (χ0n) is 14.5. The van der Waals surface area contributed by atoms with E-state index in [1.54, 1.807) is 16.7 Å². The van der Waals surface area contributed by atoms with Gasteiger partial charge in [-0.1, -0.05) is 37.3 Å². The highest BCUT2D eigenvalue weighted by atomic mass is 32.2. The normalized spacial score (nSPS) is 14.3. The van der Waals surface area contributed by atoms with E-state index in [0.717, 1.165) is 27.5 Å². The number of rotatable bonds is 6. The number of fused-ring (bicyclic) bond motifs is 1. The lowest BCUT2D eigenvalue weighted by atomic mass is 10.1. The van der Waals surface area contributed by atoms with Gasteiger partial charge in [0, 0.05) is 29.5 Å². The zero-order valence-corrected chi connectivity index (χ0v) is 15.3. The first-order valence-electron chi connectivity index (χ1n) is 8.50. The number of nitrogens with zero attached hydrogens (tertiary/aromatic N) is 1. The van der Waals surface area contributed by atoms with Gasteiger partial charge in [-0.25, -0.2) is 0 Å². The van der Waals surface area contributed by atoms with Gasteiger partial charge in [-0.2, -0.15) is 0 Å². The van der Waals surface area contributed by atoms with E-state index < -0.39 is 0 Å². The molecule has 5 heteroatoms. The van der Waals surface area contributed by atoms with E-state index in [2.05, 4.69) is 12.2 Å². The highest BCUT2D eigenvalue weighted by Gasteiger charge is 2.31. The molecule has 0 aliphatic carbocycles. The van der Waals surface area contributed by atoms with Crippen molar-refractivity contribution in [2.75, 3.05) is 11.1 Å². The summed E-state index contributed by atoms with van der Waals surface area (Å²) in [6.45, 7) is 4.59. The second-order valence-corrected chi connectivity index (χ2v) is 7.43. The van der Waals surface area contributed by atoms with Gasteiger partial charge in [-0.15, -0.1) is 11.8 Å². The molecule has 1 aliphatic rings. The summed E-state index contributed by atoms with van der Waals surface area (Å²) in [4.78, 5) is 27.8. The minimum Gasteiger partial charge on any atom is -0.331 e. The van der Waals surface area contributed by atoms with Gasteiger partial charge in [0.15, 0.2) is 0 Å². The van der Waals surface area contributed by atoms with E-state index in [9.17, 15) is 9.59 Å². The first-order valence-corrected chi connectivity index (χ1v) is 9.49. The van der Waals surface area contributed by atoms with Crippen molar-refractivity contribution in [1.82, 2.24) is 4.90 Å². The van der Waals surface area contributed by atoms with Gasteiger partial charge >= 0.3 is 0 Å². The fraction of sp³-hybridized carbons (Fsp3) is 0.300. The Kier molecular flexibility index (Phi) is 5.43. The maximum Gasteiger partial charge on any atom is 0.254 e. The number of hydrogen-bond acceptors (Lipinski definition) is 3. The Morgan fingerprint density at radius 1 is 1.20 bits per heavy atom. The topological polar surface area (TPSA) is 49.4 Å². The van der Waals surface area contributed by atoms with Crippen molar-refractivity contribution in [2.45, 2.75) is 37.8 Å². The van der Waals surface area contributed by atoms with E-state index in [4.69, 9.17) is 0 Å². The summed E-state index contributed by atoms with van der Waals surface area (Å²) in [7, 11) is 0. The van der Waals surface area contributed by atoms with Crippen LogP contribution in [0.3, 0.4) is 0 Å². The van der Waals surface area contributed by atoms with Crippen LogP contribution < -0.4 is 5.32 Å². The van der Waals surface area contributed by atoms with Crippen LogP contribution in [-0.4, -0.2) is 28.5 Å². The molecule has 1 heterocycles. The molecule has 1 N–H and O–H groups in total. The van der Waals surface area contributed by atoms with Crippen LogP contribution in [-0.2, 0) is 11.3 Å². The molecule has 0 radical (unpaired) electrons. The molecule has 1 unspecified atom stereocenters. The summed E-state index contributed by atoms with van der Waals surface area (Å²) in [5, 5.41) is 2.99. The Balaban J connectivity index is 1.63. The Morgan fingerprint density at radius 3 is 2.68 bits per heavy atom. The van der Waals surface area contributed by atoms with Gasteiger partial charge in [0.25, 0.3) is 5.91 Å². The number of thioether (sulfide) groups is 1. The molecule has 25 heavy (non-hydrogen) atoms. The fourth-order valence-electron chi connectivity index (χ4n) is 3.06. The van der Waals surface area contributed by atoms with E-state index in [-0.39, 0.29) is 24.3 Å². The summed E-state index contributed by atoms with van der Waals surface area (Å²) in [5.74, 6) is 0.891. The highest BCUT2D eigenvalue weighted by Crippen LogP contribution is 2.28. The van der Waals surface area contributed by atoms with E-state index in [1.807, 2.05) is 55.5 Å². The number of carbonyl (C=O) groups excluding carboxylic acids is 2. The second-order valence-electron chi connectivity index (χ2n) is 6.12. The van der Waals surface area contributed by atoms with Gasteiger partial charge in [0.1, 0.15) is 0 Å². The number of anilines is 1. The molecule has 2 amide bonds. The van der Waals surface area contributed by atoms with E-state index in [0.29, 0.717) is 6.54 Å². The Bertz CT molecular complexity index is 791. The van der Waals surface area contributed by atoms with Crippen LogP contribution in [0.1, 0.15) is 36.2 Å². The van der Waals surface area contributed by atoms with Gasteiger partial charge in [-0.3, -0.25) is 9.59 Å². The lowest BCUT2D eigenvalue weighted by Crippen LogP contribution is -2.36. The molecule has 4 nitrogen and oxygen atoms in total. The molecular formula is C20H22N2O2S. The molecule has 1 atom stereocenters. The quantitative estimate of drug-likeness (QED) is 0.792. The summed E-state index contributed by atoms with van der Waals surface area (Å²) >= 11 is 1.70. The molecule has 1 aliphatic heterocycles. The molecule has 0 saturated carbocycles. The van der Waals surface area contributed by atoms with Crippen molar-refractivity contribution in [3.8, 4) is 0 Å². The lowest BCUT2D eigenvalue weighted by molar-refractivity contribution is -0.117. The van der Waals surface area contributed by atoms with Gasteiger partial charge in [-0.05, 0) is 36.4 Å². The van der Waals surface area contributed by atoms with Crippen LogP contribution in [0.2, 0.25) is 0 Å². The third-order valence-electron chi connectivity index (χ3n) is 4.32. The minimum atomic E-state index is -0.147. The van der Waals surface area contributed by atoms with Gasteiger partial charge in [0.05, 0.1) is 5.69 Å². The van der Waals surface area contributed by atoms with Crippen molar-refractivity contribution in [3.63, 3.8) is 0 Å². The van der Waals surface area contributed by atoms with Gasteiger partial charge in [0.2, 0.25) is 5.91 Å². The number of hydrogen-bond donors (Lipinski definition) is 1. The maximum atomic E-state index is 12.5. The highest BCUT2D eigenvalue weighted by molar-refractivity contribution is 7.99. The third kappa shape index (κ3) is 3.87. The first kappa shape index (κ1) is 17.5. The fourth-order valence-corrected chi connectivity index (χ4v) is 3.82. The average Bonchev–Trinajstić information content (AvgIpc) is 2.94. The first-order chi connectivity index (χ1) is 12.1. The van der Waals surface area contributed by atoms with Gasteiger partial charge < -0.3 is 10.2 Å². The van der Waals surface area contributed by atoms with E-state index in [1.165, 1.54) is 0 Å². The SMILES string of the molecule is CCSc1ccccc1NC(=O)CC(C)N1Cc2ccccc2C1=O. The lowest BCUT2D eigenvalue weighted by Gasteiger charge is -2.24. The number of nitrogens with one attached hydrogen (secondary N) is 1. The number of carbonyl (C=O) groups is 2. The summed E-state index contributed by atoms with van der Waals surface area (Å²) in [6.07, 6.45) is 0.283. The standard InChI is InChI=1S/C20H22N2O2S/c1-3-25-18-11-7-6-10-17(18)21-19(23)12-14(2)22-13-15-8-4-5-9-16(15)20(22)24/h4-11,14H,3,12-13H2,1-2H3,(H,21,23). The van der Waals surface area contributed by atoms with Crippen molar-refractivity contribution in [2.24, 2.45) is 0 Å². The Labute approximate surface area is 152 Å². The Hall–Kier alpha value is -2.27. The maximum absolute atomic E-state index is 12.5. The largest absolute Gasteiger partial charge is 0.331 e. The average molecular weight is 354 g/mol. The summed E-state index contributed by atoms with van der Waals surface area (Å²) < 4.78 is 0. The number of para-hydroxylation sites is 1. The zero-order chi connectivity index (χ0) is 17.8. The molecule has 2 aromatic carbocycles. The van der Waals surface area contributed by atoms with E-state index >= 15 is 0 Å². The van der Waals surface area contributed by atoms with Crippen LogP contribution in [0.15, 0.2) is 53.4 Å². The monoisotopic (exact) mass is 354 g/mol. The predicted octanol–water partition coefficient (Wildman–Crippen LogP) is 4.17.